The molecule has 0 aromatic carbocycles. The maximum Gasteiger partial charge on any atom is 0.167 e. The third-order valence-electron chi connectivity index (χ3n) is 0.778. The summed E-state index contributed by atoms with van der Waals surface area (Å²) in [4.78, 5) is 0. The highest BCUT2D eigenvalue weighted by Crippen LogP contribution is 2.01. The number of hydrogen-bond acceptors (Lipinski definition) is 4. The molecule has 4 N–H and O–H groups in total. The normalized spacial score (nSPS) is 7.70. The Morgan fingerprint density at radius 2 is 2.10 bits per heavy atom. The van der Waals surface area contributed by atoms with Crippen LogP contribution in [0.15, 0.2) is 10.6 Å². The largest absolute Gasteiger partial charge is 0.381 e. The highest BCUT2D eigenvalue weighted by molar-refractivity contribution is 5.85. The lowest BCUT2D eigenvalue weighted by Crippen LogP contribution is -1.92. The number of nitrogens with zero attached hydrogens (tertiary/aromatic N) is 1. The number of rotatable bonds is 1. The Bertz CT molecular complexity index is 179. The van der Waals surface area contributed by atoms with Crippen molar-refractivity contribution in [1.82, 2.24) is 5.16 Å². The average molecular weight is 186 g/mol. The van der Waals surface area contributed by atoms with Crippen LogP contribution in [0.25, 0.3) is 0 Å². The lowest BCUT2D eigenvalue weighted by Gasteiger charge is -1.77. The van der Waals surface area contributed by atoms with E-state index in [9.17, 15) is 0 Å². The summed E-state index contributed by atoms with van der Waals surface area (Å²) in [6.07, 6.45) is 0. The second-order valence-corrected chi connectivity index (χ2v) is 1.42. The molecule has 4 nitrogen and oxygen atoms in total. The fraction of sp³-hybridized carbons (Fsp3) is 0.250. The molecule has 0 atom stereocenters. The van der Waals surface area contributed by atoms with Crippen LogP contribution >= 0.6 is 24.8 Å². The van der Waals surface area contributed by atoms with E-state index < -0.39 is 0 Å². The number of nitrogens with two attached hydrogens (primary N) is 2. The Morgan fingerprint density at radius 3 is 2.30 bits per heavy atom. The Balaban J connectivity index is 0. The van der Waals surface area contributed by atoms with Crippen molar-refractivity contribution < 1.29 is 4.52 Å². The van der Waals surface area contributed by atoms with Gasteiger partial charge in [0.25, 0.3) is 0 Å². The van der Waals surface area contributed by atoms with E-state index in [0.29, 0.717) is 18.1 Å². The maximum atomic E-state index is 5.19. The molecule has 0 radical (unpaired) electrons. The van der Waals surface area contributed by atoms with Gasteiger partial charge in [-0.25, -0.2) is 0 Å². The van der Waals surface area contributed by atoms with E-state index in [1.807, 2.05) is 0 Å². The first kappa shape index (κ1) is 12.2. The number of hydrogen-bond donors (Lipinski definition) is 2. The minimum absolute atomic E-state index is 0. The number of anilines is 1. The summed E-state index contributed by atoms with van der Waals surface area (Å²) in [5, 5.41) is 3.41. The first-order valence-electron chi connectivity index (χ1n) is 2.24. The van der Waals surface area contributed by atoms with Gasteiger partial charge in [-0.15, -0.1) is 24.8 Å². The van der Waals surface area contributed by atoms with Crippen LogP contribution in [0, 0.1) is 0 Å². The smallest absolute Gasteiger partial charge is 0.167 e. The van der Waals surface area contributed by atoms with Crippen LogP contribution in [0.5, 0.6) is 0 Å². The van der Waals surface area contributed by atoms with E-state index in [-0.39, 0.29) is 24.8 Å². The molecule has 0 bridgehead atoms. The van der Waals surface area contributed by atoms with Crippen molar-refractivity contribution >= 4 is 30.6 Å². The molecule has 0 aliphatic heterocycles. The van der Waals surface area contributed by atoms with Gasteiger partial charge in [0.05, 0.1) is 6.54 Å². The van der Waals surface area contributed by atoms with E-state index in [0.717, 1.165) is 0 Å². The summed E-state index contributed by atoms with van der Waals surface area (Å²) >= 11 is 0. The quantitative estimate of drug-likeness (QED) is 0.671. The molecular formula is C4H9Cl2N3O. The predicted octanol–water partition coefficient (Wildman–Crippen LogP) is 0.559. The molecule has 0 aliphatic rings. The molecule has 0 fully saturated rings. The molecule has 6 heteroatoms. The molecule has 0 unspecified atom stereocenters. The fourth-order valence-corrected chi connectivity index (χ4v) is 0.425. The Kier molecular flexibility index (Phi) is 6.54. The van der Waals surface area contributed by atoms with E-state index in [2.05, 4.69) is 9.68 Å². The lowest BCUT2D eigenvalue weighted by atomic mass is 10.4. The van der Waals surface area contributed by atoms with Crippen LogP contribution in [0.4, 0.5) is 5.82 Å². The topological polar surface area (TPSA) is 78.1 Å². The van der Waals surface area contributed by atoms with Crippen molar-refractivity contribution in [3.05, 3.63) is 11.8 Å². The summed E-state index contributed by atoms with van der Waals surface area (Å²) in [5.74, 6) is 0.993. The first-order valence-corrected chi connectivity index (χ1v) is 2.24. The third kappa shape index (κ3) is 2.91. The van der Waals surface area contributed by atoms with Crippen molar-refractivity contribution in [2.45, 2.75) is 6.54 Å². The Labute approximate surface area is 70.7 Å². The van der Waals surface area contributed by atoms with Crippen molar-refractivity contribution in [1.29, 1.82) is 0 Å². The molecular weight excluding hydrogens is 177 g/mol. The summed E-state index contributed by atoms with van der Waals surface area (Å²) in [6, 6.07) is 1.60. The molecule has 1 heterocycles. The van der Waals surface area contributed by atoms with Crippen molar-refractivity contribution in [3.8, 4) is 0 Å². The van der Waals surface area contributed by atoms with Gasteiger partial charge in [-0.2, -0.15) is 0 Å². The minimum atomic E-state index is 0. The zero-order chi connectivity index (χ0) is 5.98. The molecule has 0 saturated heterocycles. The highest BCUT2D eigenvalue weighted by Gasteiger charge is 1.94. The summed E-state index contributed by atoms with van der Waals surface area (Å²) < 4.78 is 4.61. The SMILES string of the molecule is Cl.Cl.NCc1cc(N)no1. The average Bonchev–Trinajstić information content (AvgIpc) is 2.14. The molecule has 0 aliphatic carbocycles. The van der Waals surface area contributed by atoms with Crippen LogP contribution in [0.1, 0.15) is 5.76 Å². The molecule has 0 amide bonds. The second-order valence-electron chi connectivity index (χ2n) is 1.42. The zero-order valence-corrected chi connectivity index (χ0v) is 6.74. The summed E-state index contributed by atoms with van der Waals surface area (Å²) in [6.45, 7) is 0.351. The van der Waals surface area contributed by atoms with Gasteiger partial charge in [0, 0.05) is 6.07 Å². The van der Waals surface area contributed by atoms with E-state index >= 15 is 0 Å². The highest BCUT2D eigenvalue weighted by atomic mass is 35.5. The molecule has 0 saturated carbocycles. The standard InChI is InChI=1S/C4H7N3O.2ClH/c5-2-3-1-4(6)7-8-3;;/h1H,2,5H2,(H2,6,7);2*1H. The van der Waals surface area contributed by atoms with E-state index in [4.69, 9.17) is 11.5 Å². The predicted molar refractivity (Wildman–Crippen MR) is 43.3 cm³/mol. The molecule has 1 aromatic rings. The van der Waals surface area contributed by atoms with Gasteiger partial charge in [0.15, 0.2) is 11.6 Å². The zero-order valence-electron chi connectivity index (χ0n) is 5.11. The molecule has 1 rings (SSSR count). The summed E-state index contributed by atoms with van der Waals surface area (Å²) in [5.41, 5.74) is 10.4. The Hall–Kier alpha value is -0.450. The molecule has 60 valence electrons. The van der Waals surface area contributed by atoms with Crippen molar-refractivity contribution in [3.63, 3.8) is 0 Å². The fourth-order valence-electron chi connectivity index (χ4n) is 0.425. The number of nitrogen functional groups attached to an aromatic ring is 1. The molecule has 10 heavy (non-hydrogen) atoms. The van der Waals surface area contributed by atoms with Crippen LogP contribution in [0.2, 0.25) is 0 Å². The number of aromatic nitrogens is 1. The van der Waals surface area contributed by atoms with Crippen molar-refractivity contribution in [2.24, 2.45) is 5.73 Å². The van der Waals surface area contributed by atoms with Crippen LogP contribution in [-0.4, -0.2) is 5.16 Å². The van der Waals surface area contributed by atoms with Crippen molar-refractivity contribution in [2.75, 3.05) is 5.73 Å². The number of halogens is 2. The van der Waals surface area contributed by atoms with Gasteiger partial charge in [-0.1, -0.05) is 5.16 Å². The van der Waals surface area contributed by atoms with Crippen LogP contribution < -0.4 is 11.5 Å². The first-order chi connectivity index (χ1) is 3.83. The minimum Gasteiger partial charge on any atom is -0.381 e. The van der Waals surface area contributed by atoms with E-state index in [1.165, 1.54) is 0 Å². The third-order valence-corrected chi connectivity index (χ3v) is 0.778. The Morgan fingerprint density at radius 1 is 1.50 bits per heavy atom. The second kappa shape index (κ2) is 5.34. The maximum absolute atomic E-state index is 5.19. The van der Waals surface area contributed by atoms with Gasteiger partial charge >= 0.3 is 0 Å². The van der Waals surface area contributed by atoms with Crippen LogP contribution in [0.3, 0.4) is 0 Å². The molecule has 1 aromatic heterocycles. The lowest BCUT2D eigenvalue weighted by molar-refractivity contribution is 0.387. The van der Waals surface area contributed by atoms with Gasteiger partial charge in [0.2, 0.25) is 0 Å². The monoisotopic (exact) mass is 185 g/mol. The van der Waals surface area contributed by atoms with E-state index in [1.54, 1.807) is 6.07 Å². The summed E-state index contributed by atoms with van der Waals surface area (Å²) in [7, 11) is 0. The van der Waals surface area contributed by atoms with Gasteiger partial charge < -0.3 is 16.0 Å². The molecule has 0 spiro atoms. The van der Waals surface area contributed by atoms with Gasteiger partial charge in [-0.05, 0) is 0 Å². The van der Waals surface area contributed by atoms with Gasteiger partial charge in [0.1, 0.15) is 0 Å². The van der Waals surface area contributed by atoms with Crippen LogP contribution in [-0.2, 0) is 6.54 Å². The van der Waals surface area contributed by atoms with Gasteiger partial charge in [-0.3, -0.25) is 0 Å².